The van der Waals surface area contributed by atoms with E-state index in [0.29, 0.717) is 0 Å². The molecule has 110 valence electrons. The zero-order chi connectivity index (χ0) is 14.7. The van der Waals surface area contributed by atoms with Gasteiger partial charge in [-0.25, -0.2) is 0 Å². The van der Waals surface area contributed by atoms with Crippen molar-refractivity contribution in [3.05, 3.63) is 58.6 Å². The molecule has 1 heterocycles. The number of nitrogens with zero attached hydrogens (tertiary/aromatic N) is 1. The Kier molecular flexibility index (Phi) is 4.35. The molecule has 1 saturated heterocycles. The Hall–Kier alpha value is -1.67. The Labute approximate surface area is 131 Å². The van der Waals surface area contributed by atoms with Crippen LogP contribution in [0, 0.1) is 6.92 Å². The molecule has 3 heteroatoms. The number of rotatable bonds is 4. The molecule has 0 unspecified atom stereocenters. The third-order valence-corrected chi connectivity index (χ3v) is 4.34. The number of anilines is 2. The number of hydrogen-bond acceptors (Lipinski definition) is 2. The quantitative estimate of drug-likeness (QED) is 0.867. The van der Waals surface area contributed by atoms with E-state index in [0.717, 1.165) is 17.3 Å². The molecule has 0 aromatic heterocycles. The van der Waals surface area contributed by atoms with E-state index in [1.54, 1.807) is 0 Å². The van der Waals surface area contributed by atoms with Gasteiger partial charge in [0.25, 0.3) is 0 Å². The van der Waals surface area contributed by atoms with Crippen molar-refractivity contribution in [3.63, 3.8) is 0 Å². The van der Waals surface area contributed by atoms with Gasteiger partial charge in [-0.2, -0.15) is 0 Å². The minimum Gasteiger partial charge on any atom is -0.380 e. The van der Waals surface area contributed by atoms with Gasteiger partial charge in [0.1, 0.15) is 0 Å². The van der Waals surface area contributed by atoms with E-state index < -0.39 is 0 Å². The normalized spacial score (nSPS) is 14.5. The van der Waals surface area contributed by atoms with Crippen LogP contribution in [-0.4, -0.2) is 13.1 Å². The van der Waals surface area contributed by atoms with Gasteiger partial charge in [-0.3, -0.25) is 0 Å². The maximum absolute atomic E-state index is 6.20. The first-order valence-electron chi connectivity index (χ1n) is 7.56. The number of nitrogens with one attached hydrogen (secondary N) is 1. The monoisotopic (exact) mass is 300 g/mol. The highest BCUT2D eigenvalue weighted by molar-refractivity contribution is 6.33. The fourth-order valence-corrected chi connectivity index (χ4v) is 2.96. The molecule has 3 rings (SSSR count). The van der Waals surface area contributed by atoms with Crippen LogP contribution < -0.4 is 10.2 Å². The Bertz CT molecular complexity index is 601. The summed E-state index contributed by atoms with van der Waals surface area (Å²) in [6.45, 7) is 5.25. The molecular formula is C18H21ClN2. The van der Waals surface area contributed by atoms with E-state index in [9.17, 15) is 0 Å². The Morgan fingerprint density at radius 2 is 1.76 bits per heavy atom. The molecule has 1 fully saturated rings. The number of halogens is 1. The van der Waals surface area contributed by atoms with Crippen molar-refractivity contribution >= 4 is 23.0 Å². The van der Waals surface area contributed by atoms with Crippen LogP contribution in [0.4, 0.5) is 11.4 Å². The average molecular weight is 301 g/mol. The van der Waals surface area contributed by atoms with E-state index in [1.165, 1.54) is 42.7 Å². The summed E-state index contributed by atoms with van der Waals surface area (Å²) in [5.41, 5.74) is 4.83. The van der Waals surface area contributed by atoms with Crippen LogP contribution in [0.15, 0.2) is 42.5 Å². The highest BCUT2D eigenvalue weighted by Crippen LogP contribution is 2.24. The van der Waals surface area contributed by atoms with Crippen molar-refractivity contribution in [1.82, 2.24) is 0 Å². The van der Waals surface area contributed by atoms with Crippen LogP contribution >= 0.6 is 11.6 Å². The first kappa shape index (κ1) is 14.3. The summed E-state index contributed by atoms with van der Waals surface area (Å²) in [5.74, 6) is 0. The predicted octanol–water partition coefficient (Wildman–Crippen LogP) is 4.86. The van der Waals surface area contributed by atoms with Crippen LogP contribution in [0.1, 0.15) is 24.0 Å². The maximum atomic E-state index is 6.20. The zero-order valence-electron chi connectivity index (χ0n) is 12.4. The van der Waals surface area contributed by atoms with Crippen molar-refractivity contribution in [2.24, 2.45) is 0 Å². The summed E-state index contributed by atoms with van der Waals surface area (Å²) < 4.78 is 0. The summed E-state index contributed by atoms with van der Waals surface area (Å²) >= 11 is 6.20. The van der Waals surface area contributed by atoms with E-state index >= 15 is 0 Å². The molecule has 1 aliphatic heterocycles. The van der Waals surface area contributed by atoms with Crippen LogP contribution in [0.5, 0.6) is 0 Å². The second-order valence-electron chi connectivity index (χ2n) is 5.70. The highest BCUT2D eigenvalue weighted by atomic mass is 35.5. The van der Waals surface area contributed by atoms with Crippen LogP contribution in [0.3, 0.4) is 0 Å². The summed E-state index contributed by atoms with van der Waals surface area (Å²) in [6.07, 6.45) is 2.63. The minimum absolute atomic E-state index is 0.772. The van der Waals surface area contributed by atoms with Crippen LogP contribution in [0.25, 0.3) is 0 Å². The fraction of sp³-hybridized carbons (Fsp3) is 0.333. The van der Waals surface area contributed by atoms with Crippen LogP contribution in [-0.2, 0) is 6.54 Å². The van der Waals surface area contributed by atoms with Gasteiger partial charge in [-0.15, -0.1) is 0 Å². The van der Waals surface area contributed by atoms with Crippen molar-refractivity contribution in [2.45, 2.75) is 26.3 Å². The minimum atomic E-state index is 0.772. The Morgan fingerprint density at radius 3 is 2.48 bits per heavy atom. The Morgan fingerprint density at radius 1 is 1.05 bits per heavy atom. The lowest BCUT2D eigenvalue weighted by molar-refractivity contribution is 0.949. The number of hydrogen-bond donors (Lipinski definition) is 1. The molecule has 0 radical (unpaired) electrons. The van der Waals surface area contributed by atoms with Crippen molar-refractivity contribution < 1.29 is 0 Å². The van der Waals surface area contributed by atoms with Gasteiger partial charge >= 0.3 is 0 Å². The standard InChI is InChI=1S/C18H21ClN2/c1-14-4-9-17(19)18(12-14)20-13-15-5-7-16(8-6-15)21-10-2-3-11-21/h4-9,12,20H,2-3,10-11,13H2,1H3. The molecule has 2 nitrogen and oxygen atoms in total. The lowest BCUT2D eigenvalue weighted by atomic mass is 10.1. The Balaban J connectivity index is 1.64. The molecule has 21 heavy (non-hydrogen) atoms. The van der Waals surface area contributed by atoms with Gasteiger partial charge in [0.05, 0.1) is 10.7 Å². The van der Waals surface area contributed by atoms with Gasteiger partial charge in [0.2, 0.25) is 0 Å². The second kappa shape index (κ2) is 6.40. The van der Waals surface area contributed by atoms with E-state index in [4.69, 9.17) is 11.6 Å². The predicted molar refractivity (Wildman–Crippen MR) is 91.4 cm³/mol. The summed E-state index contributed by atoms with van der Waals surface area (Å²) in [4.78, 5) is 2.45. The summed E-state index contributed by atoms with van der Waals surface area (Å²) in [7, 11) is 0. The molecule has 0 saturated carbocycles. The third-order valence-electron chi connectivity index (χ3n) is 4.01. The topological polar surface area (TPSA) is 15.3 Å². The first-order chi connectivity index (χ1) is 10.2. The zero-order valence-corrected chi connectivity index (χ0v) is 13.2. The molecule has 0 aliphatic carbocycles. The molecule has 0 amide bonds. The molecule has 2 aromatic rings. The third kappa shape index (κ3) is 3.51. The van der Waals surface area contributed by atoms with Crippen molar-refractivity contribution in [1.29, 1.82) is 0 Å². The lowest BCUT2D eigenvalue weighted by Crippen LogP contribution is -2.17. The van der Waals surface area contributed by atoms with Gasteiger partial charge in [0.15, 0.2) is 0 Å². The molecule has 0 atom stereocenters. The molecule has 0 spiro atoms. The molecule has 1 aliphatic rings. The summed E-state index contributed by atoms with van der Waals surface area (Å²) in [6, 6.07) is 14.9. The highest BCUT2D eigenvalue weighted by Gasteiger charge is 2.11. The van der Waals surface area contributed by atoms with E-state index in [-0.39, 0.29) is 0 Å². The fourth-order valence-electron chi connectivity index (χ4n) is 2.77. The van der Waals surface area contributed by atoms with Gasteiger partial charge in [-0.05, 0) is 55.2 Å². The second-order valence-corrected chi connectivity index (χ2v) is 6.10. The van der Waals surface area contributed by atoms with Gasteiger partial charge < -0.3 is 10.2 Å². The van der Waals surface area contributed by atoms with Gasteiger partial charge in [0, 0.05) is 25.3 Å². The maximum Gasteiger partial charge on any atom is 0.0637 e. The molecule has 1 N–H and O–H groups in total. The molecule has 2 aromatic carbocycles. The molecule has 0 bridgehead atoms. The largest absolute Gasteiger partial charge is 0.380 e. The van der Waals surface area contributed by atoms with E-state index in [2.05, 4.69) is 47.5 Å². The number of benzene rings is 2. The lowest BCUT2D eigenvalue weighted by Gasteiger charge is -2.18. The summed E-state index contributed by atoms with van der Waals surface area (Å²) in [5, 5.41) is 4.19. The van der Waals surface area contributed by atoms with Crippen molar-refractivity contribution in [3.8, 4) is 0 Å². The van der Waals surface area contributed by atoms with E-state index in [1.807, 2.05) is 12.1 Å². The number of aryl methyl sites for hydroxylation is 1. The van der Waals surface area contributed by atoms with Crippen molar-refractivity contribution in [2.75, 3.05) is 23.3 Å². The van der Waals surface area contributed by atoms with Gasteiger partial charge in [-0.1, -0.05) is 29.8 Å². The smallest absolute Gasteiger partial charge is 0.0637 e. The van der Waals surface area contributed by atoms with Crippen LogP contribution in [0.2, 0.25) is 5.02 Å². The SMILES string of the molecule is Cc1ccc(Cl)c(NCc2ccc(N3CCCC3)cc2)c1. The molecular weight excluding hydrogens is 280 g/mol. The first-order valence-corrected chi connectivity index (χ1v) is 7.94. The average Bonchev–Trinajstić information content (AvgIpc) is 3.03.